The molecule has 3 aliphatic rings. The molecule has 2 N–H and O–H groups in total. The third-order valence-corrected chi connectivity index (χ3v) is 9.00. The molecule has 12 heteroatoms. The molecule has 5 rings (SSSR count). The van der Waals surface area contributed by atoms with E-state index in [1.165, 1.54) is 4.90 Å². The van der Waals surface area contributed by atoms with Gasteiger partial charge in [-0.3, -0.25) is 10.7 Å². The molecule has 45 heavy (non-hydrogen) atoms. The highest BCUT2D eigenvalue weighted by Gasteiger charge is 2.44. The number of hydrazine groups is 1. The fraction of sp³-hybridized carbons (Fsp3) is 0.485. The number of nitrogens with zero attached hydrogens (tertiary/aromatic N) is 2. The van der Waals surface area contributed by atoms with Crippen LogP contribution < -0.4 is 10.6 Å². The number of halogens is 6. The first-order chi connectivity index (χ1) is 21.0. The zero-order chi connectivity index (χ0) is 32.9. The van der Waals surface area contributed by atoms with E-state index in [0.717, 1.165) is 47.2 Å². The average Bonchev–Trinajstić information content (AvgIpc) is 3.24. The number of alkyl halides is 6. The third kappa shape index (κ3) is 7.01. The zero-order valence-electron chi connectivity index (χ0n) is 25.6. The van der Waals surface area contributed by atoms with Crippen molar-refractivity contribution < 1.29 is 40.6 Å². The first-order valence-electron chi connectivity index (χ1n) is 14.8. The van der Waals surface area contributed by atoms with Crippen LogP contribution in [0.3, 0.4) is 0 Å². The smallest absolute Gasteiger partial charge is 0.416 e. The van der Waals surface area contributed by atoms with Gasteiger partial charge in [-0.2, -0.15) is 26.3 Å². The fourth-order valence-electron chi connectivity index (χ4n) is 6.49. The fourth-order valence-corrected chi connectivity index (χ4v) is 6.49. The minimum Gasteiger partial charge on any atom is -0.496 e. The number of carbonyl (C=O) groups excluding carboxylic acids is 1. The summed E-state index contributed by atoms with van der Waals surface area (Å²) in [4.78, 5) is 14.6. The summed E-state index contributed by atoms with van der Waals surface area (Å²) in [6, 6.07) is 6.49. The van der Waals surface area contributed by atoms with Gasteiger partial charge in [-0.15, -0.1) is 0 Å². The Balaban J connectivity index is 1.52. The van der Waals surface area contributed by atoms with Gasteiger partial charge in [0.1, 0.15) is 11.9 Å². The largest absolute Gasteiger partial charge is 0.496 e. The van der Waals surface area contributed by atoms with Crippen molar-refractivity contribution in [1.82, 2.24) is 9.91 Å². The second kappa shape index (κ2) is 12.0. The summed E-state index contributed by atoms with van der Waals surface area (Å²) in [6.07, 6.45) is -7.07. The molecule has 0 spiro atoms. The van der Waals surface area contributed by atoms with E-state index in [0.29, 0.717) is 37.3 Å². The Bertz CT molecular complexity index is 1500. The summed E-state index contributed by atoms with van der Waals surface area (Å²) in [5, 5.41) is 1.74. The van der Waals surface area contributed by atoms with Crippen molar-refractivity contribution in [1.29, 1.82) is 0 Å². The van der Waals surface area contributed by atoms with Gasteiger partial charge < -0.3 is 9.47 Å². The minimum atomic E-state index is -5.01. The monoisotopic (exact) mass is 637 g/mol. The predicted molar refractivity (Wildman–Crippen MR) is 158 cm³/mol. The molecule has 2 heterocycles. The Kier molecular flexibility index (Phi) is 8.78. The van der Waals surface area contributed by atoms with E-state index in [-0.39, 0.29) is 23.6 Å². The minimum absolute atomic E-state index is 0.0702. The van der Waals surface area contributed by atoms with E-state index in [9.17, 15) is 31.1 Å². The Labute approximate surface area is 258 Å². The van der Waals surface area contributed by atoms with Gasteiger partial charge >= 0.3 is 18.4 Å². The van der Waals surface area contributed by atoms with Crippen LogP contribution in [0.5, 0.6) is 5.75 Å². The van der Waals surface area contributed by atoms with Gasteiger partial charge in [-0.25, -0.2) is 9.80 Å². The van der Waals surface area contributed by atoms with Crippen LogP contribution in [0.4, 0.5) is 31.1 Å². The molecule has 0 saturated carbocycles. The number of hydrogen-bond acceptors (Lipinski definition) is 5. The molecule has 1 fully saturated rings. The summed E-state index contributed by atoms with van der Waals surface area (Å²) >= 11 is 0. The molecular formula is C33H37F6N3O3. The second-order valence-corrected chi connectivity index (χ2v) is 12.8. The number of benzene rings is 2. The molecule has 2 aromatic carbocycles. The highest BCUT2D eigenvalue weighted by Crippen LogP contribution is 2.47. The average molecular weight is 638 g/mol. The molecule has 2 atom stereocenters. The van der Waals surface area contributed by atoms with E-state index in [2.05, 4.69) is 26.0 Å². The number of amides is 1. The number of methoxy groups -OCH3 is 1. The number of nitrogens with two attached hydrogens (primary N) is 1. The maximum atomic E-state index is 13.6. The number of hydrogen-bond donors (Lipinski definition) is 1. The van der Waals surface area contributed by atoms with Crippen LogP contribution in [0.15, 0.2) is 48.0 Å². The lowest BCUT2D eigenvalue weighted by molar-refractivity contribution is -0.143. The van der Waals surface area contributed by atoms with Gasteiger partial charge in [0, 0.05) is 25.2 Å². The first-order valence-corrected chi connectivity index (χ1v) is 14.8. The van der Waals surface area contributed by atoms with Gasteiger partial charge in [0.05, 0.1) is 24.3 Å². The maximum Gasteiger partial charge on any atom is 0.416 e. The predicted octanol–water partition coefficient (Wildman–Crippen LogP) is 8.24. The van der Waals surface area contributed by atoms with Crippen LogP contribution in [-0.2, 0) is 17.1 Å². The third-order valence-electron chi connectivity index (χ3n) is 9.00. The SMILES string of the molecule is COc1ccc(C2=CCN(N)CC2)cc1C1=C(CN2C(=O)O[C@H](c3cc(C(F)(F)F)cc(C(F)(F)F)c3)[C@@H]2C)CC(C)(C)CC1. The molecule has 6 nitrogen and oxygen atoms in total. The number of cyclic esters (lactones) is 1. The summed E-state index contributed by atoms with van der Waals surface area (Å²) in [5.74, 6) is 6.60. The highest BCUT2D eigenvalue weighted by atomic mass is 19.4. The molecule has 0 bridgehead atoms. The van der Waals surface area contributed by atoms with E-state index >= 15 is 0 Å². The topological polar surface area (TPSA) is 68.0 Å². The van der Waals surface area contributed by atoms with Gasteiger partial charge in [-0.1, -0.05) is 26.0 Å². The number of rotatable bonds is 6. The second-order valence-electron chi connectivity index (χ2n) is 12.8. The van der Waals surface area contributed by atoms with Gasteiger partial charge in [0.25, 0.3) is 0 Å². The Morgan fingerprint density at radius 3 is 2.27 bits per heavy atom. The first kappa shape index (κ1) is 32.9. The molecule has 1 aliphatic carbocycles. The number of carbonyl (C=O) groups is 1. The van der Waals surface area contributed by atoms with Gasteiger partial charge in [-0.05, 0) is 96.2 Å². The van der Waals surface area contributed by atoms with Crippen molar-refractivity contribution in [3.63, 3.8) is 0 Å². The van der Waals surface area contributed by atoms with Crippen molar-refractivity contribution in [2.75, 3.05) is 26.7 Å². The van der Waals surface area contributed by atoms with Gasteiger partial charge in [0.15, 0.2) is 0 Å². The van der Waals surface area contributed by atoms with Crippen molar-refractivity contribution in [3.05, 3.63) is 75.9 Å². The van der Waals surface area contributed by atoms with Crippen molar-refractivity contribution in [2.24, 2.45) is 11.3 Å². The van der Waals surface area contributed by atoms with E-state index < -0.39 is 41.7 Å². The number of ether oxygens (including phenoxy) is 2. The van der Waals surface area contributed by atoms with E-state index in [4.69, 9.17) is 15.3 Å². The highest BCUT2D eigenvalue weighted by molar-refractivity contribution is 5.79. The molecule has 1 saturated heterocycles. The lowest BCUT2D eigenvalue weighted by atomic mass is 9.72. The Morgan fingerprint density at radius 1 is 1.02 bits per heavy atom. The number of allylic oxidation sites excluding steroid dienone is 1. The quantitative estimate of drug-likeness (QED) is 0.255. The lowest BCUT2D eigenvalue weighted by Crippen LogP contribution is -2.35. The Morgan fingerprint density at radius 2 is 1.69 bits per heavy atom. The Hall–Kier alpha value is -3.51. The molecule has 2 aromatic rings. The summed E-state index contributed by atoms with van der Waals surface area (Å²) in [6.45, 7) is 7.29. The van der Waals surface area contributed by atoms with Crippen molar-refractivity contribution in [2.45, 2.75) is 71.0 Å². The van der Waals surface area contributed by atoms with Crippen LogP contribution >= 0.6 is 0 Å². The molecule has 1 amide bonds. The lowest BCUT2D eigenvalue weighted by Gasteiger charge is -2.36. The molecule has 0 unspecified atom stereocenters. The summed E-state index contributed by atoms with van der Waals surface area (Å²) < 4.78 is 92.7. The zero-order valence-corrected chi connectivity index (χ0v) is 25.6. The maximum absolute atomic E-state index is 13.6. The molecule has 0 radical (unpaired) electrons. The van der Waals surface area contributed by atoms with E-state index in [1.807, 2.05) is 12.1 Å². The molecule has 244 valence electrons. The molecule has 0 aromatic heterocycles. The van der Waals surface area contributed by atoms with Gasteiger partial charge in [0.2, 0.25) is 0 Å². The molecular weight excluding hydrogens is 600 g/mol. The van der Waals surface area contributed by atoms with Crippen LogP contribution in [-0.4, -0.2) is 48.8 Å². The van der Waals surface area contributed by atoms with E-state index in [1.54, 1.807) is 19.0 Å². The standard InChI is InChI=1S/C33H37F6N3O3/c1-19-29(22-13-24(32(34,35)36)16-25(14-22)33(37,38)39)45-30(43)42(19)18-23-17-31(2,3)10-7-26(23)27-15-21(5-6-28(27)44-4)20-8-11-41(40)12-9-20/h5-6,8,13-16,19,29H,7,9-12,17-18,40H2,1-4H3/t19-,29-/m0/s1. The van der Waals surface area contributed by atoms with Crippen LogP contribution in [0.2, 0.25) is 0 Å². The summed E-state index contributed by atoms with van der Waals surface area (Å²) in [5.41, 5.74) is 1.68. The normalized spacial score (nSPS) is 22.9. The van der Waals surface area contributed by atoms with Crippen LogP contribution in [0.1, 0.15) is 80.4 Å². The van der Waals surface area contributed by atoms with Crippen LogP contribution in [0.25, 0.3) is 11.1 Å². The van der Waals surface area contributed by atoms with Crippen molar-refractivity contribution in [3.8, 4) is 5.75 Å². The summed E-state index contributed by atoms with van der Waals surface area (Å²) in [7, 11) is 1.59. The van der Waals surface area contributed by atoms with Crippen molar-refractivity contribution >= 4 is 17.2 Å². The molecule has 2 aliphatic heterocycles. The van der Waals surface area contributed by atoms with Crippen LogP contribution in [0, 0.1) is 5.41 Å².